The molecule has 1 heterocycles. The Morgan fingerprint density at radius 1 is 1.13 bits per heavy atom. The van der Waals surface area contributed by atoms with E-state index in [4.69, 9.17) is 9.47 Å². The maximum absolute atomic E-state index is 12.6. The fourth-order valence-corrected chi connectivity index (χ4v) is 3.45. The van der Waals surface area contributed by atoms with Gasteiger partial charge in [0.25, 0.3) is 5.91 Å². The number of ether oxygens (including phenoxy) is 2. The molecule has 0 spiro atoms. The number of aliphatic hydroxyl groups is 1. The number of nitrogens with zero attached hydrogens (tertiary/aromatic N) is 1. The van der Waals surface area contributed by atoms with Gasteiger partial charge in [0, 0.05) is 17.8 Å². The number of methoxy groups -OCH3 is 1. The first-order chi connectivity index (χ1) is 14.5. The van der Waals surface area contributed by atoms with Gasteiger partial charge in [-0.05, 0) is 49.8 Å². The minimum Gasteiger partial charge on any atom is -0.497 e. The van der Waals surface area contributed by atoms with Gasteiger partial charge in [-0.2, -0.15) is 0 Å². The van der Waals surface area contributed by atoms with Crippen molar-refractivity contribution < 1.29 is 19.4 Å². The van der Waals surface area contributed by atoms with Crippen molar-refractivity contribution in [3.8, 4) is 5.75 Å². The summed E-state index contributed by atoms with van der Waals surface area (Å²) in [7, 11) is 1.59. The number of benzene rings is 2. The molecule has 1 aliphatic heterocycles. The smallest absolute Gasteiger partial charge is 0.251 e. The highest BCUT2D eigenvalue weighted by molar-refractivity contribution is 5.94. The lowest BCUT2D eigenvalue weighted by molar-refractivity contribution is 0.0924. The molecule has 1 unspecified atom stereocenters. The molecular weight excluding hydrogens is 380 g/mol. The lowest BCUT2D eigenvalue weighted by Gasteiger charge is -2.34. The van der Waals surface area contributed by atoms with Gasteiger partial charge in [0.2, 0.25) is 0 Å². The number of amides is 1. The zero-order valence-corrected chi connectivity index (χ0v) is 17.6. The van der Waals surface area contributed by atoms with Crippen LogP contribution in [0, 0.1) is 0 Å². The van der Waals surface area contributed by atoms with Gasteiger partial charge in [-0.25, -0.2) is 0 Å². The van der Waals surface area contributed by atoms with Gasteiger partial charge < -0.3 is 24.8 Å². The molecule has 158 valence electrons. The second-order valence-electron chi connectivity index (χ2n) is 6.99. The molecule has 2 aromatic carbocycles. The number of hydrogen-bond donors (Lipinski definition) is 2. The molecule has 2 N–H and O–H groups in total. The first-order valence-corrected chi connectivity index (χ1v) is 9.99. The minimum absolute atomic E-state index is 0.203. The highest BCUT2D eigenvalue weighted by Gasteiger charge is 2.27. The third-order valence-electron chi connectivity index (χ3n) is 5.03. The fraction of sp³-hybridized carbons (Fsp3) is 0.292. The van der Waals surface area contributed by atoms with Crippen molar-refractivity contribution >= 4 is 5.91 Å². The summed E-state index contributed by atoms with van der Waals surface area (Å²) in [5.41, 5.74) is 3.22. The second kappa shape index (κ2) is 9.98. The van der Waals surface area contributed by atoms with Crippen LogP contribution < -0.4 is 10.1 Å². The number of carbonyl (C=O) groups is 1. The molecule has 2 aromatic rings. The first-order valence-electron chi connectivity index (χ1n) is 9.99. The molecule has 3 rings (SSSR count). The van der Waals surface area contributed by atoms with E-state index in [0.717, 1.165) is 17.0 Å². The molecular formula is C24H28N2O4. The van der Waals surface area contributed by atoms with Crippen LogP contribution in [0.4, 0.5) is 0 Å². The molecule has 30 heavy (non-hydrogen) atoms. The Labute approximate surface area is 177 Å². The molecule has 1 amide bonds. The predicted molar refractivity (Wildman–Crippen MR) is 116 cm³/mol. The Morgan fingerprint density at radius 3 is 2.47 bits per heavy atom. The standard InChI is InChI=1S/C24H28N2O4/c1-4-26-17(2)14-22(27)23(30-16-18-8-6-5-7-9-18)21(26)15-25-24(28)19-10-12-20(29-3)13-11-19/h5-14,22,27H,4,15-16H2,1-3H3,(H,25,28). The zero-order chi connectivity index (χ0) is 21.5. The van der Waals surface area contributed by atoms with Crippen molar-refractivity contribution in [3.63, 3.8) is 0 Å². The molecule has 6 heteroatoms. The number of rotatable bonds is 8. The normalized spacial score (nSPS) is 16.2. The summed E-state index contributed by atoms with van der Waals surface area (Å²) in [6, 6.07) is 16.7. The van der Waals surface area contributed by atoms with Crippen LogP contribution in [0.3, 0.4) is 0 Å². The molecule has 0 radical (unpaired) electrons. The van der Waals surface area contributed by atoms with Gasteiger partial charge in [-0.3, -0.25) is 4.79 Å². The van der Waals surface area contributed by atoms with Crippen molar-refractivity contribution in [2.45, 2.75) is 26.6 Å². The molecule has 6 nitrogen and oxygen atoms in total. The third-order valence-corrected chi connectivity index (χ3v) is 5.03. The molecule has 1 atom stereocenters. The van der Waals surface area contributed by atoms with Crippen molar-refractivity contribution in [2.24, 2.45) is 0 Å². The number of aliphatic hydroxyl groups excluding tert-OH is 1. The van der Waals surface area contributed by atoms with Gasteiger partial charge in [0.1, 0.15) is 18.5 Å². The average Bonchev–Trinajstić information content (AvgIpc) is 2.77. The average molecular weight is 408 g/mol. The molecule has 0 fully saturated rings. The van der Waals surface area contributed by atoms with Crippen molar-refractivity contribution in [1.29, 1.82) is 0 Å². The van der Waals surface area contributed by atoms with Gasteiger partial charge in [0.15, 0.2) is 5.76 Å². The Kier molecular flexibility index (Phi) is 7.14. The van der Waals surface area contributed by atoms with Crippen LogP contribution in [-0.4, -0.2) is 42.2 Å². The van der Waals surface area contributed by atoms with E-state index in [1.165, 1.54) is 0 Å². The summed E-state index contributed by atoms with van der Waals surface area (Å²) < 4.78 is 11.2. The fourth-order valence-electron chi connectivity index (χ4n) is 3.45. The van der Waals surface area contributed by atoms with Crippen molar-refractivity contribution in [3.05, 3.63) is 89.0 Å². The summed E-state index contributed by atoms with van der Waals surface area (Å²) in [5.74, 6) is 0.950. The molecule has 0 saturated heterocycles. The van der Waals surface area contributed by atoms with Crippen LogP contribution >= 0.6 is 0 Å². The summed E-state index contributed by atoms with van der Waals surface area (Å²) in [5, 5.41) is 13.6. The lowest BCUT2D eigenvalue weighted by Crippen LogP contribution is -2.38. The van der Waals surface area contributed by atoms with E-state index in [1.54, 1.807) is 37.5 Å². The van der Waals surface area contributed by atoms with Crippen molar-refractivity contribution in [1.82, 2.24) is 10.2 Å². The summed E-state index contributed by atoms with van der Waals surface area (Å²) in [4.78, 5) is 14.7. The maximum Gasteiger partial charge on any atom is 0.251 e. The number of hydrogen-bond acceptors (Lipinski definition) is 5. The second-order valence-corrected chi connectivity index (χ2v) is 6.99. The Balaban J connectivity index is 1.78. The van der Waals surface area contributed by atoms with Gasteiger partial charge in [0.05, 0.1) is 19.4 Å². The van der Waals surface area contributed by atoms with Gasteiger partial charge >= 0.3 is 0 Å². The van der Waals surface area contributed by atoms with Crippen LogP contribution in [0.25, 0.3) is 0 Å². The van der Waals surface area contributed by atoms with E-state index < -0.39 is 6.10 Å². The van der Waals surface area contributed by atoms with E-state index in [-0.39, 0.29) is 12.5 Å². The Morgan fingerprint density at radius 2 is 1.83 bits per heavy atom. The zero-order valence-electron chi connectivity index (χ0n) is 17.6. The largest absolute Gasteiger partial charge is 0.497 e. The highest BCUT2D eigenvalue weighted by Crippen LogP contribution is 2.27. The molecule has 0 bridgehead atoms. The van der Waals surface area contributed by atoms with Crippen LogP contribution in [0.5, 0.6) is 5.75 Å². The third kappa shape index (κ3) is 5.02. The molecule has 1 aliphatic rings. The summed E-state index contributed by atoms with van der Waals surface area (Å²) >= 11 is 0. The molecule has 0 aliphatic carbocycles. The van der Waals surface area contributed by atoms with E-state index in [0.29, 0.717) is 30.2 Å². The number of likely N-dealkylation sites (N-methyl/N-ethyl adjacent to an activating group) is 1. The number of carbonyl (C=O) groups excluding carboxylic acids is 1. The van der Waals surface area contributed by atoms with Crippen LogP contribution in [0.15, 0.2) is 77.8 Å². The number of nitrogens with one attached hydrogen (secondary N) is 1. The first kappa shape index (κ1) is 21.5. The maximum atomic E-state index is 12.6. The van der Waals surface area contributed by atoms with Gasteiger partial charge in [-0.1, -0.05) is 30.3 Å². The summed E-state index contributed by atoms with van der Waals surface area (Å²) in [6.45, 7) is 5.24. The topological polar surface area (TPSA) is 71.0 Å². The minimum atomic E-state index is -0.857. The van der Waals surface area contributed by atoms with Crippen LogP contribution in [0.1, 0.15) is 29.8 Å². The lowest BCUT2D eigenvalue weighted by atomic mass is 10.1. The highest BCUT2D eigenvalue weighted by atomic mass is 16.5. The SMILES string of the molecule is CCN1C(C)=CC(O)C(OCc2ccccc2)=C1CNC(=O)c1ccc(OC)cc1. The quantitative estimate of drug-likeness (QED) is 0.700. The van der Waals surface area contributed by atoms with E-state index in [1.807, 2.05) is 49.1 Å². The van der Waals surface area contributed by atoms with E-state index in [9.17, 15) is 9.90 Å². The molecule has 0 aromatic heterocycles. The Bertz CT molecular complexity index is 920. The van der Waals surface area contributed by atoms with E-state index in [2.05, 4.69) is 5.32 Å². The van der Waals surface area contributed by atoms with Crippen LogP contribution in [-0.2, 0) is 11.3 Å². The molecule has 0 saturated carbocycles. The summed E-state index contributed by atoms with van der Waals surface area (Å²) in [6.07, 6.45) is 0.905. The van der Waals surface area contributed by atoms with Gasteiger partial charge in [-0.15, -0.1) is 0 Å². The monoisotopic (exact) mass is 408 g/mol. The van der Waals surface area contributed by atoms with Crippen LogP contribution in [0.2, 0.25) is 0 Å². The van der Waals surface area contributed by atoms with E-state index >= 15 is 0 Å². The Hall–Kier alpha value is -3.25. The predicted octanol–water partition coefficient (Wildman–Crippen LogP) is 3.45. The number of allylic oxidation sites excluding steroid dienone is 1. The van der Waals surface area contributed by atoms with Crippen molar-refractivity contribution in [2.75, 3.05) is 20.2 Å².